The van der Waals surface area contributed by atoms with Gasteiger partial charge in [-0.15, -0.1) is 10.2 Å². The Morgan fingerprint density at radius 1 is 1.69 bits per heavy atom. The molecular formula is C9H16N4. The van der Waals surface area contributed by atoms with Crippen molar-refractivity contribution in [1.29, 1.82) is 0 Å². The Kier molecular flexibility index (Phi) is 2.31. The molecule has 1 fully saturated rings. The first-order valence-corrected chi connectivity index (χ1v) is 4.96. The SMILES string of the molecule is CCn1cnnc1C(N)C1CCC1. The largest absolute Gasteiger partial charge is 0.321 e. The van der Waals surface area contributed by atoms with Gasteiger partial charge in [-0.2, -0.15) is 0 Å². The summed E-state index contributed by atoms with van der Waals surface area (Å²) in [4.78, 5) is 0. The minimum atomic E-state index is 0.0937. The van der Waals surface area contributed by atoms with Crippen molar-refractivity contribution in [3.63, 3.8) is 0 Å². The van der Waals surface area contributed by atoms with E-state index in [2.05, 4.69) is 17.1 Å². The van der Waals surface area contributed by atoms with Gasteiger partial charge in [0.25, 0.3) is 0 Å². The fraction of sp³-hybridized carbons (Fsp3) is 0.778. The normalized spacial score (nSPS) is 19.8. The van der Waals surface area contributed by atoms with Gasteiger partial charge in [0, 0.05) is 6.54 Å². The van der Waals surface area contributed by atoms with Gasteiger partial charge in [-0.3, -0.25) is 0 Å². The summed E-state index contributed by atoms with van der Waals surface area (Å²) in [7, 11) is 0. The van der Waals surface area contributed by atoms with Crippen LogP contribution in [-0.2, 0) is 6.54 Å². The molecule has 0 spiro atoms. The van der Waals surface area contributed by atoms with E-state index in [0.29, 0.717) is 5.92 Å². The van der Waals surface area contributed by atoms with E-state index in [0.717, 1.165) is 12.4 Å². The Morgan fingerprint density at radius 2 is 2.46 bits per heavy atom. The average molecular weight is 180 g/mol. The molecule has 2 N–H and O–H groups in total. The molecule has 1 atom stereocenters. The van der Waals surface area contributed by atoms with Crippen LogP contribution < -0.4 is 5.73 Å². The molecule has 2 rings (SSSR count). The molecule has 0 bridgehead atoms. The van der Waals surface area contributed by atoms with Crippen LogP contribution >= 0.6 is 0 Å². The maximum Gasteiger partial charge on any atom is 0.150 e. The molecule has 1 saturated carbocycles. The van der Waals surface area contributed by atoms with Gasteiger partial charge in [-0.05, 0) is 25.7 Å². The van der Waals surface area contributed by atoms with Crippen LogP contribution in [0.25, 0.3) is 0 Å². The first-order valence-electron chi connectivity index (χ1n) is 4.96. The van der Waals surface area contributed by atoms with Gasteiger partial charge in [-0.25, -0.2) is 0 Å². The second-order valence-electron chi connectivity index (χ2n) is 3.69. The second kappa shape index (κ2) is 3.46. The summed E-state index contributed by atoms with van der Waals surface area (Å²) in [5.41, 5.74) is 6.10. The van der Waals surface area contributed by atoms with Crippen molar-refractivity contribution >= 4 is 0 Å². The number of aromatic nitrogens is 3. The highest BCUT2D eigenvalue weighted by Crippen LogP contribution is 2.35. The minimum Gasteiger partial charge on any atom is -0.321 e. The molecule has 0 aliphatic heterocycles. The van der Waals surface area contributed by atoms with Gasteiger partial charge in [-0.1, -0.05) is 6.42 Å². The smallest absolute Gasteiger partial charge is 0.150 e. The van der Waals surface area contributed by atoms with E-state index in [1.165, 1.54) is 19.3 Å². The summed E-state index contributed by atoms with van der Waals surface area (Å²) in [5, 5.41) is 7.97. The van der Waals surface area contributed by atoms with Gasteiger partial charge in [0.1, 0.15) is 12.2 Å². The zero-order valence-electron chi connectivity index (χ0n) is 7.98. The van der Waals surface area contributed by atoms with Crippen molar-refractivity contribution in [1.82, 2.24) is 14.8 Å². The molecule has 1 aromatic heterocycles. The molecular weight excluding hydrogens is 164 g/mol. The topological polar surface area (TPSA) is 56.7 Å². The fourth-order valence-corrected chi connectivity index (χ4v) is 1.78. The Balaban J connectivity index is 2.13. The molecule has 1 aromatic rings. The van der Waals surface area contributed by atoms with Gasteiger partial charge in [0.2, 0.25) is 0 Å². The van der Waals surface area contributed by atoms with Crippen molar-refractivity contribution in [2.45, 2.75) is 38.8 Å². The summed E-state index contributed by atoms with van der Waals surface area (Å²) in [6.45, 7) is 2.99. The van der Waals surface area contributed by atoms with Gasteiger partial charge in [0.15, 0.2) is 0 Å². The monoisotopic (exact) mass is 180 g/mol. The number of nitrogens with zero attached hydrogens (tertiary/aromatic N) is 3. The number of hydrogen-bond acceptors (Lipinski definition) is 3. The molecule has 13 heavy (non-hydrogen) atoms. The molecule has 1 aliphatic rings. The van der Waals surface area contributed by atoms with Crippen molar-refractivity contribution in [3.8, 4) is 0 Å². The number of rotatable bonds is 3. The van der Waals surface area contributed by atoms with Crippen LogP contribution in [0.15, 0.2) is 6.33 Å². The highest BCUT2D eigenvalue weighted by molar-refractivity contribution is 4.98. The fourth-order valence-electron chi connectivity index (χ4n) is 1.78. The summed E-state index contributed by atoms with van der Waals surface area (Å²) in [6.07, 6.45) is 5.57. The van der Waals surface area contributed by atoms with E-state index in [1.807, 2.05) is 4.57 Å². The van der Waals surface area contributed by atoms with Crippen LogP contribution in [-0.4, -0.2) is 14.8 Å². The van der Waals surface area contributed by atoms with E-state index in [-0.39, 0.29) is 6.04 Å². The molecule has 0 aromatic carbocycles. The van der Waals surface area contributed by atoms with Crippen LogP contribution in [0.2, 0.25) is 0 Å². The third-order valence-electron chi connectivity index (χ3n) is 2.94. The Hall–Kier alpha value is -0.900. The molecule has 0 saturated heterocycles. The highest BCUT2D eigenvalue weighted by atomic mass is 15.3. The Morgan fingerprint density at radius 3 is 3.00 bits per heavy atom. The molecule has 1 unspecified atom stereocenters. The lowest BCUT2D eigenvalue weighted by Gasteiger charge is -2.30. The molecule has 72 valence electrons. The average Bonchev–Trinajstić information content (AvgIpc) is 2.47. The van der Waals surface area contributed by atoms with Gasteiger partial charge >= 0.3 is 0 Å². The molecule has 1 aliphatic carbocycles. The predicted molar refractivity (Wildman–Crippen MR) is 50.0 cm³/mol. The highest BCUT2D eigenvalue weighted by Gasteiger charge is 2.28. The molecule has 0 amide bonds. The lowest BCUT2D eigenvalue weighted by Crippen LogP contribution is -2.29. The molecule has 4 heteroatoms. The van der Waals surface area contributed by atoms with E-state index >= 15 is 0 Å². The number of aryl methyl sites for hydroxylation is 1. The molecule has 1 heterocycles. The maximum atomic E-state index is 6.10. The zero-order chi connectivity index (χ0) is 9.26. The summed E-state index contributed by atoms with van der Waals surface area (Å²) >= 11 is 0. The van der Waals surface area contributed by atoms with Crippen LogP contribution in [0, 0.1) is 5.92 Å². The molecule has 0 radical (unpaired) electrons. The van der Waals surface area contributed by atoms with E-state index in [9.17, 15) is 0 Å². The second-order valence-corrected chi connectivity index (χ2v) is 3.69. The number of nitrogens with two attached hydrogens (primary N) is 1. The van der Waals surface area contributed by atoms with Crippen molar-refractivity contribution < 1.29 is 0 Å². The summed E-state index contributed by atoms with van der Waals surface area (Å²) in [5.74, 6) is 1.58. The summed E-state index contributed by atoms with van der Waals surface area (Å²) in [6, 6.07) is 0.0937. The van der Waals surface area contributed by atoms with Crippen LogP contribution in [0.1, 0.15) is 38.1 Å². The summed E-state index contributed by atoms with van der Waals surface area (Å²) < 4.78 is 2.03. The van der Waals surface area contributed by atoms with Crippen molar-refractivity contribution in [3.05, 3.63) is 12.2 Å². The lowest BCUT2D eigenvalue weighted by molar-refractivity contribution is 0.253. The van der Waals surface area contributed by atoms with Crippen molar-refractivity contribution in [2.75, 3.05) is 0 Å². The van der Waals surface area contributed by atoms with Crippen LogP contribution in [0.3, 0.4) is 0 Å². The quantitative estimate of drug-likeness (QED) is 0.757. The standard InChI is InChI=1S/C9H16N4/c1-2-13-6-11-12-9(13)8(10)7-4-3-5-7/h6-8H,2-5,10H2,1H3. The van der Waals surface area contributed by atoms with Gasteiger partial charge < -0.3 is 10.3 Å². The van der Waals surface area contributed by atoms with Crippen LogP contribution in [0.4, 0.5) is 0 Å². The van der Waals surface area contributed by atoms with Crippen molar-refractivity contribution in [2.24, 2.45) is 11.7 Å². The zero-order valence-corrected chi connectivity index (χ0v) is 7.98. The lowest BCUT2D eigenvalue weighted by atomic mass is 9.80. The number of hydrogen-bond donors (Lipinski definition) is 1. The van der Waals surface area contributed by atoms with E-state index in [1.54, 1.807) is 6.33 Å². The van der Waals surface area contributed by atoms with E-state index < -0.39 is 0 Å². The molecule has 4 nitrogen and oxygen atoms in total. The minimum absolute atomic E-state index is 0.0937. The third kappa shape index (κ3) is 1.46. The van der Waals surface area contributed by atoms with E-state index in [4.69, 9.17) is 5.73 Å². The Labute approximate surface area is 78.1 Å². The first-order chi connectivity index (χ1) is 6.33. The predicted octanol–water partition coefficient (Wildman–Crippen LogP) is 1.10. The first kappa shape index (κ1) is 8.69. The van der Waals surface area contributed by atoms with Gasteiger partial charge in [0.05, 0.1) is 6.04 Å². The van der Waals surface area contributed by atoms with Crippen LogP contribution in [0.5, 0.6) is 0 Å². The maximum absolute atomic E-state index is 6.10. The third-order valence-corrected chi connectivity index (χ3v) is 2.94. The Bertz CT molecular complexity index is 277.